The van der Waals surface area contributed by atoms with Gasteiger partial charge >= 0.3 is 12.3 Å². The monoisotopic (exact) mass is 260 g/mol. The van der Waals surface area contributed by atoms with Crippen LogP contribution in [0.2, 0.25) is 0 Å². The van der Waals surface area contributed by atoms with E-state index in [1.54, 1.807) is 0 Å². The number of alkyl halides is 4. The van der Waals surface area contributed by atoms with Crippen LogP contribution >= 0.6 is 0 Å². The first-order valence-electron chi connectivity index (χ1n) is 5.55. The predicted molar refractivity (Wildman–Crippen MR) is 57.0 cm³/mol. The van der Waals surface area contributed by atoms with Gasteiger partial charge in [-0.2, -0.15) is 8.78 Å². The lowest BCUT2D eigenvalue weighted by Gasteiger charge is -2.24. The summed E-state index contributed by atoms with van der Waals surface area (Å²) in [6, 6.07) is -0.316. The van der Waals surface area contributed by atoms with Crippen molar-refractivity contribution >= 4 is 0 Å². The third kappa shape index (κ3) is 6.18. The van der Waals surface area contributed by atoms with Crippen LogP contribution in [0, 0.1) is 5.92 Å². The van der Waals surface area contributed by atoms with Crippen LogP contribution in [-0.4, -0.2) is 31.6 Å². The number of hydrogen-bond acceptors (Lipinski definition) is 3. The van der Waals surface area contributed by atoms with Crippen molar-refractivity contribution < 1.29 is 22.3 Å². The second-order valence-corrected chi connectivity index (χ2v) is 4.12. The Labute approximate surface area is 98.7 Å². The smallest absolute Gasteiger partial charge is 0.330 e. The van der Waals surface area contributed by atoms with Crippen molar-refractivity contribution in [2.75, 3.05) is 13.2 Å². The third-order valence-electron chi connectivity index (χ3n) is 2.56. The molecule has 0 spiro atoms. The highest BCUT2D eigenvalue weighted by Crippen LogP contribution is 2.23. The Morgan fingerprint density at radius 3 is 2.35 bits per heavy atom. The van der Waals surface area contributed by atoms with Gasteiger partial charge in [0.2, 0.25) is 0 Å². The van der Waals surface area contributed by atoms with Gasteiger partial charge in [0.15, 0.2) is 0 Å². The van der Waals surface area contributed by atoms with Gasteiger partial charge in [-0.3, -0.25) is 11.3 Å². The molecule has 0 aliphatic carbocycles. The van der Waals surface area contributed by atoms with Gasteiger partial charge in [-0.1, -0.05) is 20.3 Å². The van der Waals surface area contributed by atoms with Crippen molar-refractivity contribution in [1.82, 2.24) is 5.43 Å². The number of ether oxygens (including phenoxy) is 1. The molecule has 0 heterocycles. The van der Waals surface area contributed by atoms with Gasteiger partial charge in [-0.15, -0.1) is 0 Å². The molecule has 2 unspecified atom stereocenters. The Balaban J connectivity index is 4.00. The summed E-state index contributed by atoms with van der Waals surface area (Å²) in [5, 5.41) is 0. The fourth-order valence-corrected chi connectivity index (χ4v) is 1.42. The molecule has 104 valence electrons. The molecule has 0 fully saturated rings. The van der Waals surface area contributed by atoms with E-state index >= 15 is 0 Å². The molecule has 0 rings (SSSR count). The average molecular weight is 260 g/mol. The lowest BCUT2D eigenvalue weighted by Crippen LogP contribution is -2.44. The van der Waals surface area contributed by atoms with Crippen LogP contribution in [0.1, 0.15) is 26.7 Å². The highest BCUT2D eigenvalue weighted by Gasteiger charge is 2.41. The fraction of sp³-hybridized carbons (Fsp3) is 1.00. The molecule has 0 radical (unpaired) electrons. The molecule has 0 saturated carbocycles. The maximum absolute atomic E-state index is 12.5. The zero-order valence-corrected chi connectivity index (χ0v) is 10.1. The summed E-state index contributed by atoms with van der Waals surface area (Å²) in [6.07, 6.45) is -1.93. The van der Waals surface area contributed by atoms with Crippen molar-refractivity contribution in [3.05, 3.63) is 0 Å². The summed E-state index contributed by atoms with van der Waals surface area (Å²) in [6.45, 7) is 2.47. The van der Waals surface area contributed by atoms with Gasteiger partial charge < -0.3 is 4.74 Å². The predicted octanol–water partition coefficient (Wildman–Crippen LogP) is 2.17. The first kappa shape index (κ1) is 16.6. The first-order valence-corrected chi connectivity index (χ1v) is 5.55. The fourth-order valence-electron chi connectivity index (χ4n) is 1.42. The van der Waals surface area contributed by atoms with E-state index in [0.29, 0.717) is 0 Å². The molecular weight excluding hydrogens is 240 g/mol. The van der Waals surface area contributed by atoms with Crippen molar-refractivity contribution in [1.29, 1.82) is 0 Å². The quantitative estimate of drug-likeness (QED) is 0.379. The number of nitrogens with two attached hydrogens (primary N) is 1. The molecule has 0 aromatic carbocycles. The molecule has 0 saturated heterocycles. The van der Waals surface area contributed by atoms with E-state index in [9.17, 15) is 17.6 Å². The van der Waals surface area contributed by atoms with Gasteiger partial charge in [-0.05, 0) is 12.3 Å². The minimum absolute atomic E-state index is 0.111. The van der Waals surface area contributed by atoms with Crippen LogP contribution < -0.4 is 11.3 Å². The van der Waals surface area contributed by atoms with Crippen molar-refractivity contribution in [3.63, 3.8) is 0 Å². The topological polar surface area (TPSA) is 47.3 Å². The summed E-state index contributed by atoms with van der Waals surface area (Å²) in [7, 11) is 0. The minimum Gasteiger partial charge on any atom is -0.373 e. The van der Waals surface area contributed by atoms with Crippen LogP contribution in [0.5, 0.6) is 0 Å². The van der Waals surface area contributed by atoms with E-state index in [0.717, 1.165) is 12.8 Å². The summed E-state index contributed by atoms with van der Waals surface area (Å²) in [4.78, 5) is 0. The van der Waals surface area contributed by atoms with Crippen LogP contribution in [-0.2, 0) is 4.74 Å². The Morgan fingerprint density at radius 1 is 1.35 bits per heavy atom. The highest BCUT2D eigenvalue weighted by atomic mass is 19.3. The van der Waals surface area contributed by atoms with E-state index in [1.165, 1.54) is 0 Å². The number of halogens is 4. The van der Waals surface area contributed by atoms with Gasteiger partial charge in [0.1, 0.15) is 6.61 Å². The minimum atomic E-state index is -4.10. The van der Waals surface area contributed by atoms with Crippen LogP contribution in [0.3, 0.4) is 0 Å². The van der Waals surface area contributed by atoms with Crippen LogP contribution in [0.15, 0.2) is 0 Å². The maximum Gasteiger partial charge on any atom is 0.330 e. The summed E-state index contributed by atoms with van der Waals surface area (Å²) < 4.78 is 53.3. The molecule has 0 aromatic heterocycles. The lowest BCUT2D eigenvalue weighted by atomic mass is 9.98. The molecule has 0 aliphatic rings. The molecular formula is C10H20F4N2O. The van der Waals surface area contributed by atoms with Crippen molar-refractivity contribution in [2.24, 2.45) is 11.8 Å². The van der Waals surface area contributed by atoms with Crippen LogP contribution in [0.4, 0.5) is 17.6 Å². The Morgan fingerprint density at radius 2 is 1.94 bits per heavy atom. The SMILES string of the molecule is CCCC(C)C(COCC(F)(F)C(F)F)NN. The number of nitrogens with one attached hydrogen (secondary N) is 1. The Kier molecular flexibility index (Phi) is 7.65. The normalized spacial score (nSPS) is 16.2. The highest BCUT2D eigenvalue weighted by molar-refractivity contribution is 4.72. The molecule has 3 N–H and O–H groups in total. The van der Waals surface area contributed by atoms with E-state index in [1.807, 2.05) is 13.8 Å². The maximum atomic E-state index is 12.5. The van der Waals surface area contributed by atoms with E-state index in [-0.39, 0.29) is 18.6 Å². The molecule has 0 amide bonds. The molecule has 2 atom stereocenters. The van der Waals surface area contributed by atoms with Gasteiger partial charge in [0, 0.05) is 6.04 Å². The lowest BCUT2D eigenvalue weighted by molar-refractivity contribution is -0.167. The average Bonchev–Trinajstić information content (AvgIpc) is 2.24. The van der Waals surface area contributed by atoms with Crippen molar-refractivity contribution in [2.45, 2.75) is 45.1 Å². The third-order valence-corrected chi connectivity index (χ3v) is 2.56. The number of hydrazine groups is 1. The zero-order valence-electron chi connectivity index (χ0n) is 10.1. The molecule has 0 bridgehead atoms. The van der Waals surface area contributed by atoms with Gasteiger partial charge in [-0.25, -0.2) is 8.78 Å². The molecule has 7 heteroatoms. The van der Waals surface area contributed by atoms with E-state index in [2.05, 4.69) is 10.2 Å². The number of hydrogen-bond donors (Lipinski definition) is 2. The molecule has 3 nitrogen and oxygen atoms in total. The zero-order chi connectivity index (χ0) is 13.5. The molecule has 0 aromatic rings. The first-order chi connectivity index (χ1) is 7.85. The second-order valence-electron chi connectivity index (χ2n) is 4.12. The van der Waals surface area contributed by atoms with E-state index < -0.39 is 19.0 Å². The molecule has 17 heavy (non-hydrogen) atoms. The Bertz CT molecular complexity index is 205. The Hall–Kier alpha value is -0.400. The van der Waals surface area contributed by atoms with Crippen LogP contribution in [0.25, 0.3) is 0 Å². The summed E-state index contributed by atoms with van der Waals surface area (Å²) >= 11 is 0. The summed E-state index contributed by atoms with van der Waals surface area (Å²) in [5.74, 6) is 1.27. The standard InChI is InChI=1S/C10H20F4N2O/c1-3-4-7(2)8(16-15)5-17-6-10(13,14)9(11)12/h7-9,16H,3-6,15H2,1-2H3. The van der Waals surface area contributed by atoms with Gasteiger partial charge in [0.25, 0.3) is 0 Å². The number of rotatable bonds is 9. The van der Waals surface area contributed by atoms with Gasteiger partial charge in [0.05, 0.1) is 6.61 Å². The van der Waals surface area contributed by atoms with E-state index in [4.69, 9.17) is 5.84 Å². The largest absolute Gasteiger partial charge is 0.373 e. The second kappa shape index (κ2) is 7.84. The summed E-state index contributed by atoms with van der Waals surface area (Å²) in [5.41, 5.74) is 2.44. The molecule has 0 aliphatic heterocycles. The van der Waals surface area contributed by atoms with Crippen molar-refractivity contribution in [3.8, 4) is 0 Å².